The van der Waals surface area contributed by atoms with Crippen molar-refractivity contribution in [1.82, 2.24) is 29.9 Å². The van der Waals surface area contributed by atoms with E-state index in [1.165, 1.54) is 0 Å². The van der Waals surface area contributed by atoms with Gasteiger partial charge in [0.25, 0.3) is 0 Å². The third-order valence-corrected chi connectivity index (χ3v) is 2.17. The summed E-state index contributed by atoms with van der Waals surface area (Å²) in [7, 11) is 0. The molecule has 7 N–H and O–H groups in total. The van der Waals surface area contributed by atoms with Crippen molar-refractivity contribution < 1.29 is 4.74 Å². The molecule has 0 aliphatic heterocycles. The van der Waals surface area contributed by atoms with Crippen LogP contribution >= 0.6 is 0 Å². The number of aromatic amines is 3. The zero-order valence-electron chi connectivity index (χ0n) is 12.6. The van der Waals surface area contributed by atoms with E-state index in [9.17, 15) is 14.4 Å². The fraction of sp³-hybridized carbons (Fsp3) is 0.455. The van der Waals surface area contributed by atoms with E-state index in [0.29, 0.717) is 18.9 Å². The summed E-state index contributed by atoms with van der Waals surface area (Å²) >= 11 is 0. The number of hydrogen-bond donors (Lipinski definition) is 5. The van der Waals surface area contributed by atoms with Crippen molar-refractivity contribution in [3.8, 4) is 0 Å². The van der Waals surface area contributed by atoms with Gasteiger partial charge in [0.2, 0.25) is 11.9 Å². The van der Waals surface area contributed by atoms with Crippen molar-refractivity contribution in [3.63, 3.8) is 0 Å². The van der Waals surface area contributed by atoms with Crippen LogP contribution in [0.1, 0.15) is 19.7 Å². The molecule has 0 radical (unpaired) electrons. The maximum Gasteiger partial charge on any atom is 0.330 e. The number of H-pyrrole nitrogens is 3. The minimum atomic E-state index is -0.802. The molecular weight excluding hydrogens is 308 g/mol. The Bertz CT molecular complexity index is 695. The van der Waals surface area contributed by atoms with Gasteiger partial charge in [-0.15, -0.1) is 0 Å². The Morgan fingerprint density at radius 2 is 1.35 bits per heavy atom. The van der Waals surface area contributed by atoms with Gasteiger partial charge in [0.15, 0.2) is 0 Å². The van der Waals surface area contributed by atoms with Gasteiger partial charge < -0.3 is 16.2 Å². The molecule has 0 saturated carbocycles. The van der Waals surface area contributed by atoms with E-state index in [2.05, 4.69) is 15.0 Å². The van der Waals surface area contributed by atoms with E-state index in [4.69, 9.17) is 16.2 Å². The third kappa shape index (κ3) is 7.52. The topological polar surface area (TPSA) is 199 Å². The van der Waals surface area contributed by atoms with Gasteiger partial charge in [0, 0.05) is 6.42 Å². The van der Waals surface area contributed by atoms with Crippen LogP contribution < -0.4 is 28.5 Å². The van der Waals surface area contributed by atoms with E-state index in [0.717, 1.165) is 0 Å². The van der Waals surface area contributed by atoms with Gasteiger partial charge >= 0.3 is 17.1 Å². The summed E-state index contributed by atoms with van der Waals surface area (Å²) in [5.74, 6) is 0.866. The van der Waals surface area contributed by atoms with Gasteiger partial charge in [-0.3, -0.25) is 15.0 Å². The highest BCUT2D eigenvalue weighted by atomic mass is 16.5. The van der Waals surface area contributed by atoms with Gasteiger partial charge in [-0.25, -0.2) is 14.4 Å². The Morgan fingerprint density at radius 1 is 0.913 bits per heavy atom. The normalized spacial score (nSPS) is 10.2. The van der Waals surface area contributed by atoms with E-state index < -0.39 is 17.1 Å². The van der Waals surface area contributed by atoms with Crippen molar-refractivity contribution in [3.05, 3.63) is 37.3 Å². The molecular formula is C11H18N8O4. The van der Waals surface area contributed by atoms with E-state index >= 15 is 0 Å². The Hall–Kier alpha value is -3.02. The van der Waals surface area contributed by atoms with Crippen LogP contribution in [0.5, 0.6) is 0 Å². The van der Waals surface area contributed by atoms with Crippen LogP contribution in [0, 0.1) is 0 Å². The lowest BCUT2D eigenvalue weighted by molar-refractivity contribution is 0.0804. The minimum Gasteiger partial charge on any atom is -0.378 e. The molecule has 2 rings (SSSR count). The molecule has 0 aliphatic rings. The van der Waals surface area contributed by atoms with Gasteiger partial charge in [-0.05, 0) is 13.8 Å². The third-order valence-electron chi connectivity index (χ3n) is 2.17. The number of nitrogen functional groups attached to an aromatic ring is 2. The van der Waals surface area contributed by atoms with Gasteiger partial charge in [-0.1, -0.05) is 0 Å². The van der Waals surface area contributed by atoms with E-state index in [-0.39, 0.29) is 18.0 Å². The number of nitrogens with zero attached hydrogens (tertiary/aromatic N) is 3. The maximum atomic E-state index is 10.2. The zero-order chi connectivity index (χ0) is 17.4. The lowest BCUT2D eigenvalue weighted by Crippen LogP contribution is -2.34. The van der Waals surface area contributed by atoms with Crippen molar-refractivity contribution in [2.75, 3.05) is 18.1 Å². The first kappa shape index (κ1) is 18.0. The summed E-state index contributed by atoms with van der Waals surface area (Å²) in [4.78, 5) is 47.4. The molecule has 0 fully saturated rings. The highest BCUT2D eigenvalue weighted by Gasteiger charge is 2.02. The second-order valence-corrected chi connectivity index (χ2v) is 4.50. The molecule has 0 spiro atoms. The van der Waals surface area contributed by atoms with E-state index in [1.807, 2.05) is 13.8 Å². The molecule has 126 valence electrons. The first-order valence-electron chi connectivity index (χ1n) is 6.56. The Labute approximate surface area is 129 Å². The smallest absolute Gasteiger partial charge is 0.330 e. The standard InChI is InChI=1S/C8H15N5O.C3H3N3O3/c1-5(2)14-4-3-6-11-7(9)13-8(10)12-6;7-1-4-2(8)6-3(9)5-1/h5H,3-4H2,1-2H3,(H4,9,10,11,12,13);(H3,4,5,6,7,8,9). The number of anilines is 2. The lowest BCUT2D eigenvalue weighted by atomic mass is 10.4. The monoisotopic (exact) mass is 326 g/mol. The van der Waals surface area contributed by atoms with Gasteiger partial charge in [0.05, 0.1) is 12.7 Å². The first-order chi connectivity index (χ1) is 10.8. The highest BCUT2D eigenvalue weighted by Crippen LogP contribution is 2.00. The molecule has 0 amide bonds. The summed E-state index contributed by atoms with van der Waals surface area (Å²) in [6, 6.07) is 0. The summed E-state index contributed by atoms with van der Waals surface area (Å²) in [6.45, 7) is 4.49. The van der Waals surface area contributed by atoms with Crippen molar-refractivity contribution in [1.29, 1.82) is 0 Å². The maximum absolute atomic E-state index is 10.2. The molecule has 12 heteroatoms. The van der Waals surface area contributed by atoms with Crippen molar-refractivity contribution >= 4 is 11.9 Å². The van der Waals surface area contributed by atoms with Crippen molar-refractivity contribution in [2.24, 2.45) is 0 Å². The number of ether oxygens (including phenoxy) is 1. The molecule has 0 unspecified atom stereocenters. The summed E-state index contributed by atoms with van der Waals surface area (Å²) in [5, 5.41) is 0. The molecule has 0 aromatic carbocycles. The molecule has 12 nitrogen and oxygen atoms in total. The Kier molecular flexibility index (Phi) is 6.61. The fourth-order valence-corrected chi connectivity index (χ4v) is 1.36. The lowest BCUT2D eigenvalue weighted by Gasteiger charge is -2.06. The molecule has 2 aromatic heterocycles. The number of nitrogens with two attached hydrogens (primary N) is 2. The van der Waals surface area contributed by atoms with Gasteiger partial charge in [0.1, 0.15) is 5.82 Å². The van der Waals surface area contributed by atoms with Crippen LogP contribution in [0.4, 0.5) is 11.9 Å². The molecule has 0 aliphatic carbocycles. The van der Waals surface area contributed by atoms with Gasteiger partial charge in [-0.2, -0.15) is 15.0 Å². The first-order valence-corrected chi connectivity index (χ1v) is 6.56. The summed E-state index contributed by atoms with van der Waals surface area (Å²) in [6.07, 6.45) is 0.793. The fourth-order valence-electron chi connectivity index (χ4n) is 1.36. The van der Waals surface area contributed by atoms with Crippen LogP contribution in [0.15, 0.2) is 14.4 Å². The number of aromatic nitrogens is 6. The average molecular weight is 326 g/mol. The van der Waals surface area contributed by atoms with Crippen molar-refractivity contribution in [2.45, 2.75) is 26.4 Å². The van der Waals surface area contributed by atoms with Crippen LogP contribution in [0.25, 0.3) is 0 Å². The molecule has 2 aromatic rings. The Morgan fingerprint density at radius 3 is 1.74 bits per heavy atom. The predicted molar refractivity (Wildman–Crippen MR) is 81.7 cm³/mol. The van der Waals surface area contributed by atoms with Crippen LogP contribution in [-0.2, 0) is 11.2 Å². The Balaban J connectivity index is 0.000000253. The average Bonchev–Trinajstić information content (AvgIpc) is 2.35. The minimum absolute atomic E-state index is 0.150. The predicted octanol–water partition coefficient (Wildman–Crippen LogP) is -2.24. The number of hydrogen-bond acceptors (Lipinski definition) is 9. The van der Waals surface area contributed by atoms with E-state index in [1.54, 1.807) is 15.0 Å². The molecule has 0 atom stereocenters. The second kappa shape index (κ2) is 8.43. The molecule has 0 saturated heterocycles. The number of nitrogens with one attached hydrogen (secondary N) is 3. The van der Waals surface area contributed by atoms with Crippen LogP contribution in [-0.4, -0.2) is 42.6 Å². The molecule has 23 heavy (non-hydrogen) atoms. The highest BCUT2D eigenvalue weighted by molar-refractivity contribution is 5.25. The van der Waals surface area contributed by atoms with Crippen LogP contribution in [0.3, 0.4) is 0 Å². The summed E-state index contributed by atoms with van der Waals surface area (Å²) < 4.78 is 5.34. The van der Waals surface area contributed by atoms with Crippen LogP contribution in [0.2, 0.25) is 0 Å². The SMILES string of the molecule is CC(C)OCCc1nc(N)nc(N)n1.O=c1[nH]c(=O)[nH]c(=O)[nH]1. The molecule has 2 heterocycles. The number of rotatable bonds is 4. The quantitative estimate of drug-likeness (QED) is 0.412. The largest absolute Gasteiger partial charge is 0.378 e. The second-order valence-electron chi connectivity index (χ2n) is 4.50. The molecule has 0 bridgehead atoms. The summed E-state index contributed by atoms with van der Waals surface area (Å²) in [5.41, 5.74) is 8.41. The zero-order valence-corrected chi connectivity index (χ0v) is 12.6.